The molecule has 0 saturated heterocycles. The van der Waals surface area contributed by atoms with Gasteiger partial charge in [-0.15, -0.1) is 0 Å². The Kier molecular flexibility index (Phi) is 5.23. The van der Waals surface area contributed by atoms with E-state index in [4.69, 9.17) is 0 Å². The molecule has 0 bridgehead atoms. The van der Waals surface area contributed by atoms with Crippen LogP contribution in [0.5, 0.6) is 0 Å². The van der Waals surface area contributed by atoms with E-state index in [0.29, 0.717) is 6.54 Å². The Morgan fingerprint density at radius 3 is 2.26 bits per heavy atom. The first kappa shape index (κ1) is 14.4. The molecule has 2 aliphatic rings. The first-order valence-electron chi connectivity index (χ1n) is 7.69. The normalized spacial score (nSPS) is 28.8. The van der Waals surface area contributed by atoms with E-state index in [-0.39, 0.29) is 23.7 Å². The molecule has 2 aliphatic carbocycles. The van der Waals surface area contributed by atoms with Crippen LogP contribution in [0.25, 0.3) is 0 Å². The molecule has 1 amide bonds. The fourth-order valence-corrected chi connectivity index (χ4v) is 3.52. The average Bonchev–Trinajstić information content (AvgIpc) is 2.46. The standard InChI is InChI=1S/C15H25NO3/c17-14(11-6-2-1-3-7-11)16-10-12-8-4-5-9-13(12)15(18)19/h11-13H,1-10H2,(H,16,17)(H,18,19). The summed E-state index contributed by atoms with van der Waals surface area (Å²) in [4.78, 5) is 23.3. The summed E-state index contributed by atoms with van der Waals surface area (Å²) in [6.07, 6.45) is 9.34. The van der Waals surface area contributed by atoms with Gasteiger partial charge in [0.2, 0.25) is 5.91 Å². The van der Waals surface area contributed by atoms with Gasteiger partial charge in [0.05, 0.1) is 5.92 Å². The van der Waals surface area contributed by atoms with Crippen LogP contribution in [0.2, 0.25) is 0 Å². The van der Waals surface area contributed by atoms with E-state index in [1.54, 1.807) is 0 Å². The number of carboxylic acids is 1. The third kappa shape index (κ3) is 3.95. The Morgan fingerprint density at radius 2 is 1.58 bits per heavy atom. The number of hydrogen-bond acceptors (Lipinski definition) is 2. The van der Waals surface area contributed by atoms with Gasteiger partial charge in [-0.25, -0.2) is 0 Å². The first-order valence-corrected chi connectivity index (χ1v) is 7.69. The zero-order valence-corrected chi connectivity index (χ0v) is 11.6. The number of carboxylic acid groups (broad SMARTS) is 1. The van der Waals surface area contributed by atoms with Crippen molar-refractivity contribution < 1.29 is 14.7 Å². The molecule has 4 heteroatoms. The number of nitrogens with one attached hydrogen (secondary N) is 1. The van der Waals surface area contributed by atoms with E-state index >= 15 is 0 Å². The van der Waals surface area contributed by atoms with E-state index in [9.17, 15) is 14.7 Å². The van der Waals surface area contributed by atoms with Crippen LogP contribution in [0.3, 0.4) is 0 Å². The van der Waals surface area contributed by atoms with Crippen molar-refractivity contribution in [2.24, 2.45) is 17.8 Å². The third-order valence-corrected chi connectivity index (χ3v) is 4.74. The Labute approximate surface area is 115 Å². The lowest BCUT2D eigenvalue weighted by molar-refractivity contribution is -0.145. The smallest absolute Gasteiger partial charge is 0.306 e. The molecule has 0 aromatic carbocycles. The topological polar surface area (TPSA) is 66.4 Å². The van der Waals surface area contributed by atoms with Crippen LogP contribution in [-0.2, 0) is 9.59 Å². The quantitative estimate of drug-likeness (QED) is 0.822. The Hall–Kier alpha value is -1.06. The zero-order valence-electron chi connectivity index (χ0n) is 11.6. The highest BCUT2D eigenvalue weighted by Gasteiger charge is 2.31. The molecule has 0 heterocycles. The summed E-state index contributed by atoms with van der Waals surface area (Å²) in [7, 11) is 0. The van der Waals surface area contributed by atoms with Gasteiger partial charge in [-0.1, -0.05) is 32.1 Å². The molecule has 2 fully saturated rings. The van der Waals surface area contributed by atoms with Gasteiger partial charge in [-0.3, -0.25) is 9.59 Å². The predicted octanol–water partition coefficient (Wildman–Crippen LogP) is 2.57. The molecule has 108 valence electrons. The summed E-state index contributed by atoms with van der Waals surface area (Å²) >= 11 is 0. The molecular formula is C15H25NO3. The molecular weight excluding hydrogens is 242 g/mol. The minimum atomic E-state index is -0.698. The molecule has 2 N–H and O–H groups in total. The molecule has 0 spiro atoms. The molecule has 0 aromatic rings. The van der Waals surface area contributed by atoms with Crippen LogP contribution in [0.4, 0.5) is 0 Å². The maximum atomic E-state index is 12.1. The van der Waals surface area contributed by atoms with Crippen molar-refractivity contribution in [2.45, 2.75) is 57.8 Å². The number of carbonyl (C=O) groups excluding carboxylic acids is 1. The minimum Gasteiger partial charge on any atom is -0.481 e. The van der Waals surface area contributed by atoms with Gasteiger partial charge in [0.15, 0.2) is 0 Å². The predicted molar refractivity (Wildman–Crippen MR) is 72.7 cm³/mol. The second kappa shape index (κ2) is 6.92. The summed E-state index contributed by atoms with van der Waals surface area (Å²) in [5, 5.41) is 12.2. The summed E-state index contributed by atoms with van der Waals surface area (Å²) in [5.41, 5.74) is 0. The van der Waals surface area contributed by atoms with Crippen LogP contribution in [-0.4, -0.2) is 23.5 Å². The Bertz CT molecular complexity index is 323. The van der Waals surface area contributed by atoms with Gasteiger partial charge in [-0.2, -0.15) is 0 Å². The Morgan fingerprint density at radius 1 is 0.947 bits per heavy atom. The van der Waals surface area contributed by atoms with Crippen molar-refractivity contribution in [3.05, 3.63) is 0 Å². The highest BCUT2D eigenvalue weighted by atomic mass is 16.4. The van der Waals surface area contributed by atoms with E-state index in [1.165, 1.54) is 6.42 Å². The summed E-state index contributed by atoms with van der Waals surface area (Å²) in [6, 6.07) is 0. The van der Waals surface area contributed by atoms with Gasteiger partial charge in [-0.05, 0) is 31.6 Å². The van der Waals surface area contributed by atoms with Gasteiger partial charge in [0.25, 0.3) is 0 Å². The third-order valence-electron chi connectivity index (χ3n) is 4.74. The van der Waals surface area contributed by atoms with Crippen molar-refractivity contribution >= 4 is 11.9 Å². The molecule has 2 atom stereocenters. The SMILES string of the molecule is O=C(NCC1CCCCC1C(=O)O)C1CCCCC1. The monoisotopic (exact) mass is 267 g/mol. The van der Waals surface area contributed by atoms with Gasteiger partial charge < -0.3 is 10.4 Å². The molecule has 2 rings (SSSR count). The van der Waals surface area contributed by atoms with Crippen LogP contribution in [0, 0.1) is 17.8 Å². The zero-order chi connectivity index (χ0) is 13.7. The van der Waals surface area contributed by atoms with Crippen molar-refractivity contribution in [3.8, 4) is 0 Å². The van der Waals surface area contributed by atoms with Crippen molar-refractivity contribution in [1.82, 2.24) is 5.32 Å². The van der Waals surface area contributed by atoms with Gasteiger partial charge in [0, 0.05) is 12.5 Å². The van der Waals surface area contributed by atoms with Crippen LogP contribution in [0.15, 0.2) is 0 Å². The van der Waals surface area contributed by atoms with E-state index < -0.39 is 5.97 Å². The molecule has 0 radical (unpaired) electrons. The molecule has 2 unspecified atom stereocenters. The lowest BCUT2D eigenvalue weighted by Crippen LogP contribution is -2.39. The molecule has 0 aliphatic heterocycles. The van der Waals surface area contributed by atoms with E-state index in [0.717, 1.165) is 51.4 Å². The lowest BCUT2D eigenvalue weighted by atomic mass is 9.79. The van der Waals surface area contributed by atoms with Crippen molar-refractivity contribution in [3.63, 3.8) is 0 Å². The van der Waals surface area contributed by atoms with E-state index in [2.05, 4.69) is 5.32 Å². The maximum Gasteiger partial charge on any atom is 0.306 e. The first-order chi connectivity index (χ1) is 9.18. The second-order valence-corrected chi connectivity index (χ2v) is 6.07. The Balaban J connectivity index is 1.79. The van der Waals surface area contributed by atoms with Crippen LogP contribution < -0.4 is 5.32 Å². The second-order valence-electron chi connectivity index (χ2n) is 6.07. The summed E-state index contributed by atoms with van der Waals surface area (Å²) in [5.74, 6) is -0.522. The van der Waals surface area contributed by atoms with Crippen LogP contribution >= 0.6 is 0 Å². The van der Waals surface area contributed by atoms with Gasteiger partial charge in [0.1, 0.15) is 0 Å². The fourth-order valence-electron chi connectivity index (χ4n) is 3.52. The maximum absolute atomic E-state index is 12.1. The fraction of sp³-hybridized carbons (Fsp3) is 0.867. The number of amides is 1. The average molecular weight is 267 g/mol. The number of carbonyl (C=O) groups is 2. The van der Waals surface area contributed by atoms with E-state index in [1.807, 2.05) is 0 Å². The molecule has 4 nitrogen and oxygen atoms in total. The number of hydrogen-bond donors (Lipinski definition) is 2. The number of rotatable bonds is 4. The van der Waals surface area contributed by atoms with Crippen LogP contribution in [0.1, 0.15) is 57.8 Å². The van der Waals surface area contributed by atoms with Crippen molar-refractivity contribution in [1.29, 1.82) is 0 Å². The largest absolute Gasteiger partial charge is 0.481 e. The summed E-state index contributed by atoms with van der Waals surface area (Å²) < 4.78 is 0. The lowest BCUT2D eigenvalue weighted by Gasteiger charge is -2.29. The van der Waals surface area contributed by atoms with Gasteiger partial charge >= 0.3 is 5.97 Å². The van der Waals surface area contributed by atoms with Crippen molar-refractivity contribution in [2.75, 3.05) is 6.54 Å². The molecule has 2 saturated carbocycles. The molecule has 19 heavy (non-hydrogen) atoms. The number of aliphatic carboxylic acids is 1. The highest BCUT2D eigenvalue weighted by molar-refractivity contribution is 5.78. The molecule has 0 aromatic heterocycles. The summed E-state index contributed by atoms with van der Waals surface area (Å²) in [6.45, 7) is 0.548. The minimum absolute atomic E-state index is 0.124. The highest BCUT2D eigenvalue weighted by Crippen LogP contribution is 2.30.